The van der Waals surface area contributed by atoms with Crippen LogP contribution in [0, 0.1) is 0 Å². The van der Waals surface area contributed by atoms with Crippen LogP contribution in [0.15, 0.2) is 84.9 Å². The zero-order valence-electron chi connectivity index (χ0n) is 14.3. The van der Waals surface area contributed by atoms with Crippen molar-refractivity contribution in [2.24, 2.45) is 0 Å². The third kappa shape index (κ3) is 2.84. The van der Waals surface area contributed by atoms with E-state index in [2.05, 4.69) is 0 Å². The summed E-state index contributed by atoms with van der Waals surface area (Å²) in [6.45, 7) is 0. The van der Waals surface area contributed by atoms with Crippen LogP contribution in [-0.2, 0) is 4.84 Å². The van der Waals surface area contributed by atoms with Crippen molar-refractivity contribution in [3.63, 3.8) is 0 Å². The first-order valence-corrected chi connectivity index (χ1v) is 8.32. The van der Waals surface area contributed by atoms with Crippen LogP contribution < -0.4 is 14.7 Å². The molecule has 1 aliphatic heterocycles. The van der Waals surface area contributed by atoms with Crippen LogP contribution in [0.5, 0.6) is 5.75 Å². The normalized spacial score (nSPS) is 16.5. The Morgan fingerprint density at radius 3 is 1.96 bits per heavy atom. The van der Waals surface area contributed by atoms with Gasteiger partial charge in [-0.2, -0.15) is 5.06 Å². The SMILES string of the molecule is COc1ccc(C2N(c3ccccc3)OC(=O)N2c2ccccc2)cc1. The molecule has 0 radical (unpaired) electrons. The first-order chi connectivity index (χ1) is 12.8. The molecule has 0 bridgehead atoms. The average molecular weight is 346 g/mol. The molecule has 3 aromatic carbocycles. The summed E-state index contributed by atoms with van der Waals surface area (Å²) in [5.41, 5.74) is 2.50. The second-order valence-electron chi connectivity index (χ2n) is 5.87. The molecule has 1 unspecified atom stereocenters. The number of hydrogen-bond acceptors (Lipinski definition) is 4. The predicted molar refractivity (Wildman–Crippen MR) is 100 cm³/mol. The van der Waals surface area contributed by atoms with Crippen LogP contribution in [0.3, 0.4) is 0 Å². The Hall–Kier alpha value is -3.47. The van der Waals surface area contributed by atoms with Crippen LogP contribution in [-0.4, -0.2) is 13.2 Å². The molecule has 1 atom stereocenters. The summed E-state index contributed by atoms with van der Waals surface area (Å²) in [5.74, 6) is 0.761. The molecular formula is C21H18N2O3. The van der Waals surface area contributed by atoms with E-state index in [1.807, 2.05) is 84.9 Å². The van der Waals surface area contributed by atoms with Gasteiger partial charge in [0.2, 0.25) is 0 Å². The van der Waals surface area contributed by atoms with Gasteiger partial charge in [0.05, 0.1) is 12.8 Å². The highest BCUT2D eigenvalue weighted by atomic mass is 16.7. The Bertz CT molecular complexity index is 882. The maximum absolute atomic E-state index is 12.7. The monoisotopic (exact) mass is 346 g/mol. The number of carbonyl (C=O) groups excluding carboxylic acids is 1. The lowest BCUT2D eigenvalue weighted by molar-refractivity contribution is 0.164. The van der Waals surface area contributed by atoms with Gasteiger partial charge < -0.3 is 9.57 Å². The number of hydroxylamine groups is 1. The molecule has 1 amide bonds. The Balaban J connectivity index is 1.81. The van der Waals surface area contributed by atoms with Gasteiger partial charge in [-0.1, -0.05) is 48.5 Å². The fourth-order valence-corrected chi connectivity index (χ4v) is 3.05. The van der Waals surface area contributed by atoms with Crippen molar-refractivity contribution in [3.8, 4) is 5.75 Å². The Morgan fingerprint density at radius 2 is 1.38 bits per heavy atom. The molecule has 0 spiro atoms. The number of anilines is 2. The molecule has 1 aliphatic rings. The number of amides is 1. The molecular weight excluding hydrogens is 328 g/mol. The summed E-state index contributed by atoms with van der Waals surface area (Å²) in [7, 11) is 1.63. The second-order valence-corrected chi connectivity index (χ2v) is 5.87. The zero-order valence-corrected chi connectivity index (χ0v) is 14.3. The van der Waals surface area contributed by atoms with Gasteiger partial charge in [0.1, 0.15) is 5.75 Å². The standard InChI is InChI=1S/C21H18N2O3/c1-25-19-14-12-16(13-15-19)20-22(17-8-4-2-5-9-17)21(24)26-23(20)18-10-6-3-7-11-18/h2-15,20H,1H3. The molecule has 4 rings (SSSR count). The van der Waals surface area contributed by atoms with Crippen molar-refractivity contribution in [2.75, 3.05) is 17.1 Å². The largest absolute Gasteiger partial charge is 0.497 e. The Kier molecular flexibility index (Phi) is 4.19. The van der Waals surface area contributed by atoms with Crippen molar-refractivity contribution in [3.05, 3.63) is 90.5 Å². The molecule has 0 saturated carbocycles. The number of nitrogens with zero attached hydrogens (tertiary/aromatic N) is 2. The summed E-state index contributed by atoms with van der Waals surface area (Å²) in [4.78, 5) is 20.0. The van der Waals surface area contributed by atoms with Gasteiger partial charge in [0.15, 0.2) is 6.17 Å². The third-order valence-electron chi connectivity index (χ3n) is 4.30. The molecule has 5 heteroatoms. The lowest BCUT2D eigenvalue weighted by Crippen LogP contribution is -2.31. The van der Waals surface area contributed by atoms with E-state index < -0.39 is 12.3 Å². The fraction of sp³-hybridized carbons (Fsp3) is 0.0952. The summed E-state index contributed by atoms with van der Waals surface area (Å²) in [6, 6.07) is 26.7. The van der Waals surface area contributed by atoms with Gasteiger partial charge in [0.25, 0.3) is 0 Å². The van der Waals surface area contributed by atoms with Crippen molar-refractivity contribution in [1.29, 1.82) is 0 Å². The zero-order chi connectivity index (χ0) is 17.9. The molecule has 3 aromatic rings. The van der Waals surface area contributed by atoms with E-state index in [9.17, 15) is 4.79 Å². The van der Waals surface area contributed by atoms with Crippen LogP contribution in [0.1, 0.15) is 11.7 Å². The fourth-order valence-electron chi connectivity index (χ4n) is 3.05. The molecule has 0 aromatic heterocycles. The van der Waals surface area contributed by atoms with E-state index in [0.717, 1.165) is 22.7 Å². The van der Waals surface area contributed by atoms with E-state index in [4.69, 9.17) is 9.57 Å². The molecule has 26 heavy (non-hydrogen) atoms. The van der Waals surface area contributed by atoms with Crippen molar-refractivity contribution in [1.82, 2.24) is 0 Å². The second kappa shape index (κ2) is 6.80. The molecule has 5 nitrogen and oxygen atoms in total. The smallest absolute Gasteiger partial charge is 0.440 e. The van der Waals surface area contributed by atoms with E-state index in [1.54, 1.807) is 17.1 Å². The van der Waals surface area contributed by atoms with Crippen LogP contribution in [0.4, 0.5) is 16.2 Å². The van der Waals surface area contributed by atoms with E-state index in [1.165, 1.54) is 0 Å². The van der Waals surface area contributed by atoms with Gasteiger partial charge in [-0.3, -0.25) is 0 Å². The highest BCUT2D eigenvalue weighted by molar-refractivity contribution is 5.92. The first kappa shape index (κ1) is 16.0. The summed E-state index contributed by atoms with van der Waals surface area (Å²) >= 11 is 0. The topological polar surface area (TPSA) is 42.0 Å². The van der Waals surface area contributed by atoms with Gasteiger partial charge in [-0.25, -0.2) is 9.69 Å². The minimum absolute atomic E-state index is 0.416. The molecule has 0 aliphatic carbocycles. The van der Waals surface area contributed by atoms with Crippen LogP contribution in [0.25, 0.3) is 0 Å². The highest BCUT2D eigenvalue weighted by Crippen LogP contribution is 2.39. The molecule has 0 N–H and O–H groups in total. The molecule has 1 heterocycles. The van der Waals surface area contributed by atoms with Gasteiger partial charge in [-0.15, -0.1) is 0 Å². The van der Waals surface area contributed by atoms with Crippen molar-refractivity contribution >= 4 is 17.5 Å². The minimum Gasteiger partial charge on any atom is -0.497 e. The highest BCUT2D eigenvalue weighted by Gasteiger charge is 2.42. The molecule has 130 valence electrons. The van der Waals surface area contributed by atoms with Crippen LogP contribution >= 0.6 is 0 Å². The number of ether oxygens (including phenoxy) is 1. The summed E-state index contributed by atoms with van der Waals surface area (Å²) in [6.07, 6.45) is -0.834. The van der Waals surface area contributed by atoms with Gasteiger partial charge in [-0.05, 0) is 42.0 Å². The van der Waals surface area contributed by atoms with Crippen LogP contribution in [0.2, 0.25) is 0 Å². The minimum atomic E-state index is -0.418. The third-order valence-corrected chi connectivity index (χ3v) is 4.30. The number of methoxy groups -OCH3 is 1. The average Bonchev–Trinajstić information content (AvgIpc) is 3.06. The number of benzene rings is 3. The maximum Gasteiger partial charge on any atom is 0.440 e. The number of carbonyl (C=O) groups is 1. The lowest BCUT2D eigenvalue weighted by Gasteiger charge is -2.27. The summed E-state index contributed by atoms with van der Waals surface area (Å²) < 4.78 is 5.25. The van der Waals surface area contributed by atoms with E-state index in [-0.39, 0.29) is 0 Å². The Labute approximate surface area is 151 Å². The summed E-state index contributed by atoms with van der Waals surface area (Å²) in [5, 5.41) is 1.64. The number of hydrogen-bond donors (Lipinski definition) is 0. The molecule has 1 fully saturated rings. The van der Waals surface area contributed by atoms with E-state index >= 15 is 0 Å². The quantitative estimate of drug-likeness (QED) is 0.682. The Morgan fingerprint density at radius 1 is 0.808 bits per heavy atom. The van der Waals surface area contributed by atoms with Crippen molar-refractivity contribution in [2.45, 2.75) is 6.17 Å². The van der Waals surface area contributed by atoms with E-state index in [0.29, 0.717) is 0 Å². The predicted octanol–water partition coefficient (Wildman–Crippen LogP) is 4.77. The maximum atomic E-state index is 12.7. The van der Waals surface area contributed by atoms with Crippen molar-refractivity contribution < 1.29 is 14.4 Å². The number of rotatable bonds is 4. The number of para-hydroxylation sites is 2. The van der Waals surface area contributed by atoms with Gasteiger partial charge in [0, 0.05) is 5.69 Å². The first-order valence-electron chi connectivity index (χ1n) is 8.32. The molecule has 1 saturated heterocycles. The lowest BCUT2D eigenvalue weighted by atomic mass is 10.1. The van der Waals surface area contributed by atoms with Gasteiger partial charge >= 0.3 is 6.09 Å².